The van der Waals surface area contributed by atoms with E-state index in [0.29, 0.717) is 28.1 Å². The zero-order valence-corrected chi connectivity index (χ0v) is 12.9. The minimum atomic E-state index is -0.317. The van der Waals surface area contributed by atoms with Crippen molar-refractivity contribution in [2.45, 2.75) is 12.1 Å². The van der Waals surface area contributed by atoms with Crippen LogP contribution in [0.2, 0.25) is 0 Å². The van der Waals surface area contributed by atoms with Crippen LogP contribution in [0.5, 0.6) is 0 Å². The van der Waals surface area contributed by atoms with Crippen LogP contribution in [0.15, 0.2) is 50.7 Å². The van der Waals surface area contributed by atoms with Crippen LogP contribution in [-0.4, -0.2) is 21.8 Å². The normalized spacial score (nSPS) is 10.7. The maximum Gasteiger partial charge on any atom is 0.256 e. The van der Waals surface area contributed by atoms with Gasteiger partial charge in [0.2, 0.25) is 5.91 Å². The summed E-state index contributed by atoms with van der Waals surface area (Å²) < 4.78 is 23.3. The lowest BCUT2D eigenvalue weighted by atomic mass is 10.2. The van der Waals surface area contributed by atoms with Crippen molar-refractivity contribution in [2.24, 2.45) is 0 Å². The van der Waals surface area contributed by atoms with Gasteiger partial charge in [-0.1, -0.05) is 16.9 Å². The first-order valence-corrected chi connectivity index (χ1v) is 7.66. The number of amides is 1. The maximum absolute atomic E-state index is 12.9. The molecule has 0 aliphatic heterocycles. The standard InChI is InChI=1S/C15H12FN3O3S/c1-9-6-13(19-22-9)18-14(20)8-23-15-17-7-12(21-15)10-2-4-11(16)5-3-10/h2-7H,8H2,1H3,(H,18,19,20). The number of aryl methyl sites for hydroxylation is 1. The van der Waals surface area contributed by atoms with Crippen LogP contribution in [0.3, 0.4) is 0 Å². The van der Waals surface area contributed by atoms with Gasteiger partial charge in [-0.15, -0.1) is 0 Å². The third-order valence-corrected chi connectivity index (χ3v) is 3.68. The average Bonchev–Trinajstić information content (AvgIpc) is 3.15. The third-order valence-electron chi connectivity index (χ3n) is 2.84. The van der Waals surface area contributed by atoms with Crippen LogP contribution in [0, 0.1) is 12.7 Å². The summed E-state index contributed by atoms with van der Waals surface area (Å²) in [7, 11) is 0. The average molecular weight is 333 g/mol. The first-order chi connectivity index (χ1) is 11.1. The van der Waals surface area contributed by atoms with Gasteiger partial charge in [-0.25, -0.2) is 9.37 Å². The number of benzene rings is 1. The molecule has 1 amide bonds. The van der Waals surface area contributed by atoms with Crippen LogP contribution < -0.4 is 5.32 Å². The molecule has 6 nitrogen and oxygen atoms in total. The Morgan fingerprint density at radius 3 is 2.83 bits per heavy atom. The summed E-state index contributed by atoms with van der Waals surface area (Å²) in [5.74, 6) is 1.06. The molecule has 0 saturated carbocycles. The fourth-order valence-electron chi connectivity index (χ4n) is 1.80. The van der Waals surface area contributed by atoms with E-state index in [4.69, 9.17) is 8.94 Å². The lowest BCUT2D eigenvalue weighted by Gasteiger charge is -1.99. The summed E-state index contributed by atoms with van der Waals surface area (Å²) in [5, 5.41) is 6.63. The van der Waals surface area contributed by atoms with Gasteiger partial charge in [-0.3, -0.25) is 4.79 Å². The molecule has 118 valence electrons. The predicted octanol–water partition coefficient (Wildman–Crippen LogP) is 3.51. The van der Waals surface area contributed by atoms with E-state index < -0.39 is 0 Å². The fourth-order valence-corrected chi connectivity index (χ4v) is 2.41. The highest BCUT2D eigenvalue weighted by atomic mass is 32.2. The molecule has 0 aliphatic rings. The molecule has 0 unspecified atom stereocenters. The van der Waals surface area contributed by atoms with E-state index in [9.17, 15) is 9.18 Å². The molecule has 0 atom stereocenters. The maximum atomic E-state index is 12.9. The molecule has 3 aromatic rings. The van der Waals surface area contributed by atoms with Gasteiger partial charge in [0, 0.05) is 11.6 Å². The lowest BCUT2D eigenvalue weighted by Crippen LogP contribution is -2.14. The molecular weight excluding hydrogens is 321 g/mol. The number of rotatable bonds is 5. The van der Waals surface area contributed by atoms with Crippen molar-refractivity contribution in [3.05, 3.63) is 48.1 Å². The van der Waals surface area contributed by atoms with E-state index in [1.807, 2.05) is 0 Å². The Labute approximate surface area is 135 Å². The largest absolute Gasteiger partial charge is 0.431 e. The summed E-state index contributed by atoms with van der Waals surface area (Å²) in [6.45, 7) is 1.74. The van der Waals surface area contributed by atoms with E-state index in [1.165, 1.54) is 18.3 Å². The van der Waals surface area contributed by atoms with Gasteiger partial charge < -0.3 is 14.3 Å². The highest BCUT2D eigenvalue weighted by Crippen LogP contribution is 2.25. The molecule has 2 aromatic heterocycles. The number of nitrogens with one attached hydrogen (secondary N) is 1. The molecule has 3 rings (SSSR count). The van der Waals surface area contributed by atoms with Gasteiger partial charge in [0.1, 0.15) is 11.6 Å². The number of halogens is 1. The first-order valence-electron chi connectivity index (χ1n) is 6.68. The van der Waals surface area contributed by atoms with Gasteiger partial charge in [0.05, 0.1) is 11.9 Å². The molecule has 1 N–H and O–H groups in total. The highest BCUT2D eigenvalue weighted by Gasteiger charge is 2.11. The van der Waals surface area contributed by atoms with Crippen molar-refractivity contribution in [2.75, 3.05) is 11.1 Å². The Morgan fingerprint density at radius 1 is 1.35 bits per heavy atom. The Morgan fingerprint density at radius 2 is 2.13 bits per heavy atom. The van der Waals surface area contributed by atoms with Crippen molar-refractivity contribution in [3.63, 3.8) is 0 Å². The molecule has 1 aromatic carbocycles. The summed E-state index contributed by atoms with van der Waals surface area (Å²) in [6, 6.07) is 7.52. The molecule has 0 radical (unpaired) electrons. The van der Waals surface area contributed by atoms with Gasteiger partial charge in [-0.2, -0.15) is 0 Å². The topological polar surface area (TPSA) is 81.2 Å². The molecule has 0 fully saturated rings. The number of carbonyl (C=O) groups is 1. The minimum Gasteiger partial charge on any atom is -0.431 e. The van der Waals surface area contributed by atoms with Crippen molar-refractivity contribution in [3.8, 4) is 11.3 Å². The highest BCUT2D eigenvalue weighted by molar-refractivity contribution is 7.99. The molecule has 8 heteroatoms. The third kappa shape index (κ3) is 3.98. The molecule has 23 heavy (non-hydrogen) atoms. The van der Waals surface area contributed by atoms with E-state index in [2.05, 4.69) is 15.5 Å². The van der Waals surface area contributed by atoms with Crippen LogP contribution in [-0.2, 0) is 4.79 Å². The van der Waals surface area contributed by atoms with Gasteiger partial charge in [-0.05, 0) is 31.2 Å². The van der Waals surface area contributed by atoms with Crippen molar-refractivity contribution in [1.82, 2.24) is 10.1 Å². The van der Waals surface area contributed by atoms with Crippen molar-refractivity contribution >= 4 is 23.5 Å². The van der Waals surface area contributed by atoms with Crippen LogP contribution in [0.4, 0.5) is 10.2 Å². The van der Waals surface area contributed by atoms with E-state index >= 15 is 0 Å². The minimum absolute atomic E-state index is 0.120. The van der Waals surface area contributed by atoms with Gasteiger partial charge in [0.15, 0.2) is 11.6 Å². The van der Waals surface area contributed by atoms with Gasteiger partial charge in [0.25, 0.3) is 5.22 Å². The quantitative estimate of drug-likeness (QED) is 0.720. The summed E-state index contributed by atoms with van der Waals surface area (Å²) in [4.78, 5) is 15.9. The van der Waals surface area contributed by atoms with E-state index in [0.717, 1.165) is 11.8 Å². The monoisotopic (exact) mass is 333 g/mol. The second kappa shape index (κ2) is 6.66. The summed E-state index contributed by atoms with van der Waals surface area (Å²) in [6.07, 6.45) is 1.54. The number of carbonyl (C=O) groups excluding carboxylic acids is 1. The number of thioether (sulfide) groups is 1. The second-order valence-corrected chi connectivity index (χ2v) is 5.58. The number of hydrogen-bond acceptors (Lipinski definition) is 6. The molecule has 0 saturated heterocycles. The molecular formula is C15H12FN3O3S. The fraction of sp³-hybridized carbons (Fsp3) is 0.133. The Hall–Kier alpha value is -2.61. The molecule has 0 aliphatic carbocycles. The number of aromatic nitrogens is 2. The lowest BCUT2D eigenvalue weighted by molar-refractivity contribution is -0.113. The number of nitrogens with zero attached hydrogens (tertiary/aromatic N) is 2. The molecule has 2 heterocycles. The van der Waals surface area contributed by atoms with Crippen LogP contribution in [0.1, 0.15) is 5.76 Å². The van der Waals surface area contributed by atoms with E-state index in [-0.39, 0.29) is 17.5 Å². The number of anilines is 1. The number of oxazole rings is 1. The summed E-state index contributed by atoms with van der Waals surface area (Å²) in [5.41, 5.74) is 0.716. The smallest absolute Gasteiger partial charge is 0.256 e. The van der Waals surface area contributed by atoms with E-state index in [1.54, 1.807) is 25.1 Å². The second-order valence-electron chi connectivity index (χ2n) is 4.66. The van der Waals surface area contributed by atoms with Crippen LogP contribution >= 0.6 is 11.8 Å². The zero-order valence-electron chi connectivity index (χ0n) is 12.1. The Kier molecular flexibility index (Phi) is 4.42. The van der Waals surface area contributed by atoms with Crippen molar-refractivity contribution < 1.29 is 18.1 Å². The van der Waals surface area contributed by atoms with Crippen LogP contribution in [0.25, 0.3) is 11.3 Å². The number of hydrogen-bond donors (Lipinski definition) is 1. The van der Waals surface area contributed by atoms with Gasteiger partial charge >= 0.3 is 0 Å². The Bertz CT molecular complexity index is 813. The first kappa shape index (κ1) is 15.3. The predicted molar refractivity (Wildman–Crippen MR) is 82.5 cm³/mol. The summed E-state index contributed by atoms with van der Waals surface area (Å²) >= 11 is 1.15. The molecule has 0 bridgehead atoms. The Balaban J connectivity index is 1.56. The SMILES string of the molecule is Cc1cc(NC(=O)CSc2ncc(-c3ccc(F)cc3)o2)no1. The van der Waals surface area contributed by atoms with Crippen molar-refractivity contribution in [1.29, 1.82) is 0 Å². The molecule has 0 spiro atoms. The zero-order chi connectivity index (χ0) is 16.2.